The first-order valence-electron chi connectivity index (χ1n) is 13.4. The molecule has 210 valence electrons. The molecule has 2 aliphatic rings. The van der Waals surface area contributed by atoms with Gasteiger partial charge in [0, 0.05) is 0 Å². The number of quaternary nitrogens is 1. The van der Waals surface area contributed by atoms with E-state index in [0.717, 1.165) is 67.0 Å². The molecule has 2 heterocycles. The van der Waals surface area contributed by atoms with Gasteiger partial charge in [-0.1, -0.05) is 0 Å². The van der Waals surface area contributed by atoms with Crippen LogP contribution < -0.4 is 14.1 Å². The monoisotopic (exact) mass is 644 g/mol. The number of carbonyl (C=O) groups is 2. The predicted octanol–water partition coefficient (Wildman–Crippen LogP) is 6.91. The number of carboxylic acid groups (broad SMARTS) is 1. The Balaban J connectivity index is 1.43. The van der Waals surface area contributed by atoms with Crippen LogP contribution in [0, 0.1) is 13.8 Å². The maximum atomic E-state index is 14.5. The minimum absolute atomic E-state index is 0.0510. The summed E-state index contributed by atoms with van der Waals surface area (Å²) in [6.45, 7) is 5.68. The molecule has 10 heteroatoms. The van der Waals surface area contributed by atoms with E-state index < -0.39 is 21.9 Å². The molecule has 1 aliphatic carbocycles. The second-order valence-electron chi connectivity index (χ2n) is 10.7. The Labute approximate surface area is 251 Å². The third-order valence-electron chi connectivity index (χ3n) is 8.18. The number of fused-ring (bicyclic) bond motifs is 1. The summed E-state index contributed by atoms with van der Waals surface area (Å²) < 4.78 is 5.33. The molecule has 3 unspecified atom stereocenters. The van der Waals surface area contributed by atoms with Gasteiger partial charge in [0.05, 0.1) is 0 Å². The van der Waals surface area contributed by atoms with Crippen LogP contribution in [-0.2, 0) is 6.42 Å². The number of ether oxygens (including phenoxy) is 1. The van der Waals surface area contributed by atoms with E-state index in [-0.39, 0.29) is 19.9 Å². The van der Waals surface area contributed by atoms with E-state index >= 15 is 0 Å². The second-order valence-corrected chi connectivity index (χ2v) is 14.5. The maximum absolute atomic E-state index is 14.5. The first-order valence-corrected chi connectivity index (χ1v) is 16.4. The summed E-state index contributed by atoms with van der Waals surface area (Å²) in [6, 6.07) is 15.2. The zero-order chi connectivity index (χ0) is 28.6. The van der Waals surface area contributed by atoms with E-state index in [1.165, 1.54) is 5.69 Å². The van der Waals surface area contributed by atoms with Crippen LogP contribution in [0.3, 0.4) is 0 Å². The molecule has 1 aliphatic heterocycles. The Bertz CT molecular complexity index is 1440. The van der Waals surface area contributed by atoms with Crippen LogP contribution in [0.5, 0.6) is 5.75 Å². The zero-order valence-corrected chi connectivity index (χ0v) is 26.4. The number of piperidine rings is 1. The molecule has 1 saturated heterocycles. The van der Waals surface area contributed by atoms with Crippen molar-refractivity contribution in [1.82, 2.24) is 9.47 Å². The SMILES string of the molecule is Cc1cc(N2CCC([N+](C)(C(=O)[AsH]C3CCc4ccc(OC(=O)O)cc43)c3cccc(Cl)c3Cl)CC2)cc(C)n1. The average Bonchev–Trinajstić information content (AvgIpc) is 3.30. The summed E-state index contributed by atoms with van der Waals surface area (Å²) in [5, 5.41) is 9.94. The third kappa shape index (κ3) is 5.75. The van der Waals surface area contributed by atoms with Crippen LogP contribution in [0.4, 0.5) is 21.0 Å². The van der Waals surface area contributed by atoms with Crippen LogP contribution in [0.25, 0.3) is 0 Å². The van der Waals surface area contributed by atoms with Crippen molar-refractivity contribution in [2.45, 2.75) is 50.3 Å². The van der Waals surface area contributed by atoms with E-state index in [1.807, 2.05) is 39.1 Å². The van der Waals surface area contributed by atoms with Crippen LogP contribution in [0.1, 0.15) is 46.5 Å². The van der Waals surface area contributed by atoms with Crippen molar-refractivity contribution in [3.05, 3.63) is 81.1 Å². The van der Waals surface area contributed by atoms with Gasteiger partial charge in [0.1, 0.15) is 0 Å². The number of halogens is 2. The first kappa shape index (κ1) is 28.9. The summed E-state index contributed by atoms with van der Waals surface area (Å²) in [7, 11) is 2.00. The van der Waals surface area contributed by atoms with Gasteiger partial charge in [0.2, 0.25) is 0 Å². The molecule has 0 radical (unpaired) electrons. The third-order valence-corrected chi connectivity index (χ3v) is 12.5. The van der Waals surface area contributed by atoms with Gasteiger partial charge in [-0.2, -0.15) is 0 Å². The van der Waals surface area contributed by atoms with E-state index in [2.05, 4.69) is 22.0 Å². The van der Waals surface area contributed by atoms with Gasteiger partial charge >= 0.3 is 252 Å². The number of nitrogens with zero attached hydrogens (tertiary/aromatic N) is 3. The Morgan fingerprint density at radius 1 is 1.05 bits per heavy atom. The standard InChI is InChI=1S/C30H32AsCl2N3O4/c1-18-15-21(16-19(2)34-18)35-13-11-22(12-14-35)36(3,27-6-4-5-26(32)28(27)33)29(37)31-25-10-8-20-7-9-23(17-24(20)25)40-30(38)39/h4-7,9,15-17,22,25,31H,8,10-14H2,1-3H3/p+1. The van der Waals surface area contributed by atoms with E-state index in [9.17, 15) is 9.59 Å². The van der Waals surface area contributed by atoms with Gasteiger partial charge in [-0.05, 0) is 0 Å². The van der Waals surface area contributed by atoms with Gasteiger partial charge in [-0.25, -0.2) is 0 Å². The minimum atomic E-state index is -1.34. The number of carbonyl (C=O) groups excluding carboxylic acids is 1. The van der Waals surface area contributed by atoms with Gasteiger partial charge < -0.3 is 0 Å². The molecular weight excluding hydrogens is 612 g/mol. The molecule has 3 atom stereocenters. The Kier molecular flexibility index (Phi) is 8.49. The van der Waals surface area contributed by atoms with Crippen molar-refractivity contribution in [2.24, 2.45) is 0 Å². The fourth-order valence-corrected chi connectivity index (χ4v) is 9.93. The molecule has 5 rings (SSSR count). The van der Waals surface area contributed by atoms with Crippen molar-refractivity contribution >= 4 is 61.2 Å². The molecule has 0 bridgehead atoms. The number of aryl methyl sites for hydroxylation is 3. The quantitative estimate of drug-likeness (QED) is 0.136. The Hall–Kier alpha value is -2.57. The first-order chi connectivity index (χ1) is 19.1. The van der Waals surface area contributed by atoms with Crippen molar-refractivity contribution in [1.29, 1.82) is 0 Å². The van der Waals surface area contributed by atoms with E-state index in [1.54, 1.807) is 18.2 Å². The number of rotatable bonds is 6. The summed E-state index contributed by atoms with van der Waals surface area (Å²) in [5.74, 6) is 0.293. The van der Waals surface area contributed by atoms with Gasteiger partial charge in [0.25, 0.3) is 0 Å². The summed E-state index contributed by atoms with van der Waals surface area (Å²) >= 11 is 12.1. The van der Waals surface area contributed by atoms with E-state index in [4.69, 9.17) is 33.0 Å². The van der Waals surface area contributed by atoms with Gasteiger partial charge in [-0.3, -0.25) is 0 Å². The molecule has 3 aromatic rings. The van der Waals surface area contributed by atoms with Gasteiger partial charge in [-0.15, -0.1) is 0 Å². The Morgan fingerprint density at radius 3 is 2.42 bits per heavy atom. The molecule has 1 amide bonds. The topological polar surface area (TPSA) is 79.7 Å². The second kappa shape index (κ2) is 11.7. The van der Waals surface area contributed by atoms with Crippen molar-refractivity contribution in [2.75, 3.05) is 25.0 Å². The fraction of sp³-hybridized carbons (Fsp3) is 0.367. The molecular formula is C30H33AsCl2N3O4+. The molecule has 1 N–H and O–H groups in total. The van der Waals surface area contributed by atoms with Gasteiger partial charge in [0.15, 0.2) is 0 Å². The van der Waals surface area contributed by atoms with Crippen LogP contribution in [0.15, 0.2) is 48.5 Å². The molecule has 1 fully saturated rings. The number of hydrogen-bond donors (Lipinski definition) is 1. The number of anilines is 1. The van der Waals surface area contributed by atoms with Crippen LogP contribution in [0.2, 0.25) is 10.0 Å². The average molecular weight is 645 g/mol. The van der Waals surface area contributed by atoms with Crippen molar-refractivity contribution < 1.29 is 19.4 Å². The fourth-order valence-electron chi connectivity index (χ4n) is 6.14. The number of amides is 1. The zero-order valence-electron chi connectivity index (χ0n) is 22.8. The van der Waals surface area contributed by atoms with Crippen LogP contribution in [-0.4, -0.2) is 62.9 Å². The molecule has 0 spiro atoms. The molecule has 1 aromatic heterocycles. The normalized spacial score (nSPS) is 19.0. The summed E-state index contributed by atoms with van der Waals surface area (Å²) in [5.41, 5.74) is 6.11. The summed E-state index contributed by atoms with van der Waals surface area (Å²) in [6.07, 6.45) is 2.06. The van der Waals surface area contributed by atoms with Crippen LogP contribution >= 0.6 is 23.2 Å². The molecule has 40 heavy (non-hydrogen) atoms. The number of aromatic nitrogens is 1. The number of hydrogen-bond acceptors (Lipinski definition) is 5. The van der Waals surface area contributed by atoms with E-state index in [0.29, 0.717) is 15.8 Å². The molecule has 2 aromatic carbocycles. The molecule has 0 saturated carbocycles. The number of benzene rings is 2. The summed E-state index contributed by atoms with van der Waals surface area (Å²) in [4.78, 5) is 32.5. The predicted molar refractivity (Wildman–Crippen MR) is 162 cm³/mol. The number of pyridine rings is 1. The Morgan fingerprint density at radius 2 is 1.75 bits per heavy atom. The van der Waals surface area contributed by atoms with Crippen molar-refractivity contribution in [3.63, 3.8) is 0 Å². The van der Waals surface area contributed by atoms with Crippen molar-refractivity contribution in [3.8, 4) is 5.75 Å². The molecule has 7 nitrogen and oxygen atoms in total.